The number of para-hydroxylation sites is 2. The van der Waals surface area contributed by atoms with Gasteiger partial charge in [-0.2, -0.15) is 0 Å². The molecule has 0 atom stereocenters. The Kier molecular flexibility index (Phi) is 4.60. The van der Waals surface area contributed by atoms with Crippen molar-refractivity contribution in [2.24, 2.45) is 0 Å². The van der Waals surface area contributed by atoms with Crippen LogP contribution in [0.15, 0.2) is 66.1 Å². The van der Waals surface area contributed by atoms with E-state index in [0.717, 1.165) is 26.6 Å². The molecule has 0 saturated heterocycles. The van der Waals surface area contributed by atoms with E-state index >= 15 is 0 Å². The fourth-order valence-corrected chi connectivity index (χ4v) is 4.13. The van der Waals surface area contributed by atoms with Gasteiger partial charge in [0.2, 0.25) is 0 Å². The first kappa shape index (κ1) is 16.6. The van der Waals surface area contributed by atoms with Gasteiger partial charge in [0.25, 0.3) is 5.91 Å². The molecule has 0 unspecified atom stereocenters. The summed E-state index contributed by atoms with van der Waals surface area (Å²) in [6.07, 6.45) is 3.29. The van der Waals surface area contributed by atoms with Crippen molar-refractivity contribution in [3.8, 4) is 0 Å². The number of fused-ring (bicyclic) bond motifs is 1. The third-order valence-electron chi connectivity index (χ3n) is 3.74. The lowest BCUT2D eigenvalue weighted by Gasteiger charge is -2.18. The van der Waals surface area contributed by atoms with E-state index in [1.807, 2.05) is 66.9 Å². The standard InChI is InChI=1S/C20H15N3OS2/c1-14-21-15(13-25-14)11-12-19(24)23(16-7-3-2-4-8-16)20-22-17-9-5-6-10-18(17)26-20/h2-13H,1H3/b12-11+. The number of hydrogen-bond acceptors (Lipinski definition) is 5. The second-order valence-corrected chi connectivity index (χ2v) is 7.67. The predicted molar refractivity (Wildman–Crippen MR) is 109 cm³/mol. The van der Waals surface area contributed by atoms with Crippen molar-refractivity contribution in [1.29, 1.82) is 0 Å². The quantitative estimate of drug-likeness (QED) is 0.445. The van der Waals surface area contributed by atoms with E-state index in [4.69, 9.17) is 0 Å². The molecule has 4 rings (SSSR count). The summed E-state index contributed by atoms with van der Waals surface area (Å²) in [6.45, 7) is 1.95. The number of rotatable bonds is 4. The van der Waals surface area contributed by atoms with Gasteiger partial charge in [-0.3, -0.25) is 9.69 Å². The minimum Gasteiger partial charge on any atom is -0.269 e. The molecule has 0 fully saturated rings. The Morgan fingerprint density at radius 2 is 1.81 bits per heavy atom. The van der Waals surface area contributed by atoms with Crippen LogP contribution in [-0.4, -0.2) is 15.9 Å². The van der Waals surface area contributed by atoms with Gasteiger partial charge in [-0.1, -0.05) is 41.7 Å². The average molecular weight is 377 g/mol. The minimum atomic E-state index is -0.152. The maximum absolute atomic E-state index is 13.0. The molecule has 4 aromatic rings. The van der Waals surface area contributed by atoms with Crippen LogP contribution in [-0.2, 0) is 4.79 Å². The van der Waals surface area contributed by atoms with E-state index in [2.05, 4.69) is 9.97 Å². The largest absolute Gasteiger partial charge is 0.269 e. The lowest BCUT2D eigenvalue weighted by Crippen LogP contribution is -2.23. The van der Waals surface area contributed by atoms with Crippen molar-refractivity contribution in [3.05, 3.63) is 76.8 Å². The summed E-state index contributed by atoms with van der Waals surface area (Å²) >= 11 is 3.06. The van der Waals surface area contributed by atoms with Crippen LogP contribution in [0.5, 0.6) is 0 Å². The Hall–Kier alpha value is -2.83. The van der Waals surface area contributed by atoms with Crippen LogP contribution < -0.4 is 4.90 Å². The molecular weight excluding hydrogens is 362 g/mol. The normalized spacial score (nSPS) is 11.3. The van der Waals surface area contributed by atoms with Crippen LogP contribution in [0, 0.1) is 6.92 Å². The lowest BCUT2D eigenvalue weighted by molar-refractivity contribution is -0.113. The average Bonchev–Trinajstić information content (AvgIpc) is 3.27. The smallest absolute Gasteiger partial charge is 0.257 e. The number of hydrogen-bond donors (Lipinski definition) is 0. The van der Waals surface area contributed by atoms with E-state index in [0.29, 0.717) is 5.13 Å². The first-order valence-electron chi connectivity index (χ1n) is 8.05. The first-order valence-corrected chi connectivity index (χ1v) is 9.75. The highest BCUT2D eigenvalue weighted by Crippen LogP contribution is 2.33. The van der Waals surface area contributed by atoms with Crippen molar-refractivity contribution in [2.75, 3.05) is 4.90 Å². The highest BCUT2D eigenvalue weighted by atomic mass is 32.1. The van der Waals surface area contributed by atoms with Crippen LogP contribution in [0.1, 0.15) is 10.7 Å². The van der Waals surface area contributed by atoms with E-state index in [1.54, 1.807) is 28.4 Å². The van der Waals surface area contributed by atoms with Gasteiger partial charge in [-0.25, -0.2) is 9.97 Å². The summed E-state index contributed by atoms with van der Waals surface area (Å²) in [4.78, 5) is 23.6. The number of aromatic nitrogens is 2. The molecule has 0 saturated carbocycles. The summed E-state index contributed by atoms with van der Waals surface area (Å²) in [5.74, 6) is -0.152. The molecule has 4 nitrogen and oxygen atoms in total. The molecule has 0 radical (unpaired) electrons. The zero-order valence-electron chi connectivity index (χ0n) is 14.0. The zero-order chi connectivity index (χ0) is 17.9. The molecule has 2 heterocycles. The molecule has 128 valence electrons. The van der Waals surface area contributed by atoms with Gasteiger partial charge >= 0.3 is 0 Å². The first-order chi connectivity index (χ1) is 12.7. The van der Waals surface area contributed by atoms with Gasteiger partial charge in [0.05, 0.1) is 26.6 Å². The number of benzene rings is 2. The van der Waals surface area contributed by atoms with Crippen LogP contribution in [0.4, 0.5) is 10.8 Å². The monoisotopic (exact) mass is 377 g/mol. The molecule has 2 aromatic heterocycles. The number of nitrogens with zero attached hydrogens (tertiary/aromatic N) is 3. The molecule has 2 aromatic carbocycles. The summed E-state index contributed by atoms with van der Waals surface area (Å²) < 4.78 is 1.05. The molecular formula is C20H15N3OS2. The van der Waals surface area contributed by atoms with Gasteiger partial charge in [0, 0.05) is 11.5 Å². The molecule has 26 heavy (non-hydrogen) atoms. The molecule has 0 N–H and O–H groups in total. The summed E-state index contributed by atoms with van der Waals surface area (Å²) in [7, 11) is 0. The van der Waals surface area contributed by atoms with Gasteiger partial charge < -0.3 is 0 Å². The Morgan fingerprint density at radius 1 is 1.04 bits per heavy atom. The number of anilines is 2. The Balaban J connectivity index is 1.73. The van der Waals surface area contributed by atoms with Gasteiger partial charge in [0.15, 0.2) is 5.13 Å². The second-order valence-electron chi connectivity index (χ2n) is 5.60. The topological polar surface area (TPSA) is 46.1 Å². The number of thiazole rings is 2. The molecule has 0 aliphatic carbocycles. The van der Waals surface area contributed by atoms with Gasteiger partial charge in [-0.15, -0.1) is 11.3 Å². The fraction of sp³-hybridized carbons (Fsp3) is 0.0500. The van der Waals surface area contributed by atoms with E-state index in [-0.39, 0.29) is 5.91 Å². The molecule has 0 bridgehead atoms. The van der Waals surface area contributed by atoms with Crippen LogP contribution in [0.3, 0.4) is 0 Å². The van der Waals surface area contributed by atoms with Gasteiger partial charge in [0.1, 0.15) is 0 Å². The van der Waals surface area contributed by atoms with Gasteiger partial charge in [-0.05, 0) is 37.3 Å². The zero-order valence-corrected chi connectivity index (χ0v) is 15.6. The Morgan fingerprint density at radius 3 is 2.54 bits per heavy atom. The van der Waals surface area contributed by atoms with Crippen molar-refractivity contribution in [1.82, 2.24) is 9.97 Å². The van der Waals surface area contributed by atoms with E-state index < -0.39 is 0 Å². The summed E-state index contributed by atoms with van der Waals surface area (Å²) in [6, 6.07) is 17.5. The Labute approximate surface area is 159 Å². The number of carbonyl (C=O) groups is 1. The second kappa shape index (κ2) is 7.19. The number of carbonyl (C=O) groups excluding carboxylic acids is 1. The van der Waals surface area contributed by atoms with Crippen LogP contribution in [0.25, 0.3) is 16.3 Å². The lowest BCUT2D eigenvalue weighted by atomic mass is 10.3. The highest BCUT2D eigenvalue weighted by molar-refractivity contribution is 7.22. The fourth-order valence-electron chi connectivity index (χ4n) is 2.55. The molecule has 0 aliphatic rings. The summed E-state index contributed by atoms with van der Waals surface area (Å²) in [5.41, 5.74) is 2.47. The van der Waals surface area contributed by atoms with Crippen molar-refractivity contribution < 1.29 is 4.79 Å². The molecule has 0 spiro atoms. The predicted octanol–water partition coefficient (Wildman–Crippen LogP) is 5.44. The SMILES string of the molecule is Cc1nc(/C=C/C(=O)N(c2ccccc2)c2nc3ccccc3s2)cs1. The maximum Gasteiger partial charge on any atom is 0.257 e. The third-order valence-corrected chi connectivity index (χ3v) is 5.56. The van der Waals surface area contributed by atoms with E-state index in [9.17, 15) is 4.79 Å². The molecule has 1 amide bonds. The third kappa shape index (κ3) is 3.42. The van der Waals surface area contributed by atoms with Crippen molar-refractivity contribution in [2.45, 2.75) is 6.92 Å². The molecule has 0 aliphatic heterocycles. The molecule has 6 heteroatoms. The maximum atomic E-state index is 13.0. The number of aryl methyl sites for hydroxylation is 1. The summed E-state index contributed by atoms with van der Waals surface area (Å²) in [5, 5.41) is 3.56. The number of amides is 1. The van der Waals surface area contributed by atoms with Crippen LogP contribution >= 0.6 is 22.7 Å². The minimum absolute atomic E-state index is 0.152. The highest BCUT2D eigenvalue weighted by Gasteiger charge is 2.19. The van der Waals surface area contributed by atoms with E-state index in [1.165, 1.54) is 11.3 Å². The van der Waals surface area contributed by atoms with Crippen LogP contribution in [0.2, 0.25) is 0 Å². The van der Waals surface area contributed by atoms with Crippen molar-refractivity contribution >= 4 is 55.7 Å². The Bertz CT molecular complexity index is 1050. The van der Waals surface area contributed by atoms with Crippen molar-refractivity contribution in [3.63, 3.8) is 0 Å².